The number of anilines is 2. The van der Waals surface area contributed by atoms with Crippen LogP contribution in [0, 0.1) is 0 Å². The Morgan fingerprint density at radius 3 is 2.44 bits per heavy atom. The van der Waals surface area contributed by atoms with Crippen LogP contribution in [-0.4, -0.2) is 37.3 Å². The second kappa shape index (κ2) is 7.82. The highest BCUT2D eigenvalue weighted by atomic mass is 32.1. The number of rotatable bonds is 4. The molecule has 0 aliphatic carbocycles. The molecule has 0 atom stereocenters. The summed E-state index contributed by atoms with van der Waals surface area (Å²) in [7, 11) is 0. The van der Waals surface area contributed by atoms with Gasteiger partial charge in [-0.25, -0.2) is 0 Å². The van der Waals surface area contributed by atoms with Gasteiger partial charge in [0.15, 0.2) is 0 Å². The largest absolute Gasteiger partial charge is 0.508 e. The first-order valence-corrected chi connectivity index (χ1v) is 9.65. The molecule has 1 aliphatic rings. The fraction of sp³-hybridized carbons (Fsp3) is 0.190. The molecule has 1 fully saturated rings. The molecule has 0 radical (unpaired) electrons. The average molecular weight is 380 g/mol. The van der Waals surface area contributed by atoms with Gasteiger partial charge in [0.1, 0.15) is 5.75 Å². The second-order valence-corrected chi connectivity index (χ2v) is 7.33. The number of carbonyl (C=O) groups excluding carboxylic acids is 1. The summed E-state index contributed by atoms with van der Waals surface area (Å²) in [5, 5.41) is 13.4. The summed E-state index contributed by atoms with van der Waals surface area (Å²) in [6.45, 7) is 3.03. The first kappa shape index (κ1) is 17.6. The van der Waals surface area contributed by atoms with E-state index in [-0.39, 0.29) is 11.7 Å². The van der Waals surface area contributed by atoms with Crippen molar-refractivity contribution in [3.05, 3.63) is 65.5 Å². The van der Waals surface area contributed by atoms with Crippen LogP contribution in [-0.2, 0) is 4.74 Å². The summed E-state index contributed by atoms with van der Waals surface area (Å²) >= 11 is 1.50. The van der Waals surface area contributed by atoms with Gasteiger partial charge in [-0.15, -0.1) is 11.3 Å². The number of amides is 1. The Hall–Kier alpha value is -2.83. The summed E-state index contributed by atoms with van der Waals surface area (Å²) in [4.78, 5) is 15.7. The van der Waals surface area contributed by atoms with Crippen molar-refractivity contribution in [2.45, 2.75) is 0 Å². The molecule has 0 unspecified atom stereocenters. The number of morpholine rings is 1. The summed E-state index contributed by atoms with van der Waals surface area (Å²) in [5.41, 5.74) is 2.82. The van der Waals surface area contributed by atoms with Crippen molar-refractivity contribution in [3.8, 4) is 16.9 Å². The van der Waals surface area contributed by atoms with Crippen molar-refractivity contribution < 1.29 is 14.6 Å². The average Bonchev–Trinajstić information content (AvgIpc) is 3.17. The number of hydrogen-bond donors (Lipinski definition) is 2. The van der Waals surface area contributed by atoms with Crippen LogP contribution in [0.15, 0.2) is 60.7 Å². The number of benzene rings is 2. The van der Waals surface area contributed by atoms with Crippen LogP contribution in [0.25, 0.3) is 11.1 Å². The van der Waals surface area contributed by atoms with Gasteiger partial charge in [-0.3, -0.25) is 4.79 Å². The van der Waals surface area contributed by atoms with E-state index in [9.17, 15) is 9.90 Å². The van der Waals surface area contributed by atoms with Gasteiger partial charge in [-0.1, -0.05) is 30.3 Å². The molecule has 6 heteroatoms. The lowest BCUT2D eigenvalue weighted by molar-refractivity contribution is 0.103. The lowest BCUT2D eigenvalue weighted by Gasteiger charge is -2.28. The van der Waals surface area contributed by atoms with Gasteiger partial charge < -0.3 is 20.1 Å². The number of nitrogens with zero attached hydrogens (tertiary/aromatic N) is 1. The van der Waals surface area contributed by atoms with E-state index in [1.165, 1.54) is 11.3 Å². The Bertz CT molecular complexity index is 916. The molecule has 2 N–H and O–H groups in total. The molecule has 4 rings (SSSR count). The van der Waals surface area contributed by atoms with E-state index in [4.69, 9.17) is 4.74 Å². The second-order valence-electron chi connectivity index (χ2n) is 6.30. The number of phenols is 1. The molecule has 27 heavy (non-hydrogen) atoms. The van der Waals surface area contributed by atoms with Gasteiger partial charge in [-0.2, -0.15) is 0 Å². The van der Waals surface area contributed by atoms with E-state index in [1.54, 1.807) is 24.3 Å². The summed E-state index contributed by atoms with van der Waals surface area (Å²) < 4.78 is 5.47. The highest BCUT2D eigenvalue weighted by Gasteiger charge is 2.22. The van der Waals surface area contributed by atoms with Gasteiger partial charge in [0.25, 0.3) is 5.91 Å². The number of nitrogens with one attached hydrogen (secondary N) is 1. The number of ether oxygens (including phenoxy) is 1. The summed E-state index contributed by atoms with van der Waals surface area (Å²) in [5.74, 6) is 0.0208. The molecule has 0 bridgehead atoms. The molecule has 1 aromatic heterocycles. The lowest BCUT2D eigenvalue weighted by Crippen LogP contribution is -2.35. The molecule has 1 aliphatic heterocycles. The zero-order chi connectivity index (χ0) is 18.6. The minimum absolute atomic E-state index is 0.151. The van der Waals surface area contributed by atoms with Crippen LogP contribution in [0.1, 0.15) is 9.67 Å². The van der Waals surface area contributed by atoms with E-state index in [1.807, 2.05) is 24.3 Å². The number of phenolic OH excluding ortho intramolecular Hbond substituents is 1. The predicted octanol–water partition coefficient (Wildman–Crippen LogP) is 4.21. The van der Waals surface area contributed by atoms with E-state index < -0.39 is 0 Å². The zero-order valence-electron chi connectivity index (χ0n) is 14.7. The smallest absolute Gasteiger partial charge is 0.265 e. The maximum Gasteiger partial charge on any atom is 0.265 e. The van der Waals surface area contributed by atoms with Crippen LogP contribution in [0.5, 0.6) is 5.75 Å². The third-order valence-corrected chi connectivity index (χ3v) is 5.64. The fourth-order valence-corrected chi connectivity index (χ4v) is 4.18. The minimum Gasteiger partial charge on any atom is -0.508 e. The normalized spacial score (nSPS) is 14.1. The van der Waals surface area contributed by atoms with E-state index in [0.29, 0.717) is 23.8 Å². The highest BCUT2D eigenvalue weighted by Crippen LogP contribution is 2.39. The van der Waals surface area contributed by atoms with Crippen molar-refractivity contribution in [2.24, 2.45) is 0 Å². The van der Waals surface area contributed by atoms with E-state index in [0.717, 1.165) is 29.2 Å². The maximum absolute atomic E-state index is 12.8. The van der Waals surface area contributed by atoms with Crippen molar-refractivity contribution in [1.82, 2.24) is 0 Å². The monoisotopic (exact) mass is 380 g/mol. The molecule has 1 amide bonds. The summed E-state index contributed by atoms with van der Waals surface area (Å²) in [6.07, 6.45) is 0. The van der Waals surface area contributed by atoms with Crippen LogP contribution >= 0.6 is 11.3 Å². The fourth-order valence-electron chi connectivity index (χ4n) is 3.06. The van der Waals surface area contributed by atoms with Gasteiger partial charge >= 0.3 is 0 Å². The Balaban J connectivity index is 1.65. The highest BCUT2D eigenvalue weighted by molar-refractivity contribution is 7.18. The standard InChI is InChI=1S/C21H20N2O3S/c24-17-8-6-16(7-9-17)22-20(25)19-14-18(15-4-2-1-3-5-15)21(27-19)23-10-12-26-13-11-23/h1-9,14,24H,10-13H2,(H,22,25). The molecule has 0 saturated carbocycles. The topological polar surface area (TPSA) is 61.8 Å². The third-order valence-electron chi connectivity index (χ3n) is 4.44. The van der Waals surface area contributed by atoms with Crippen LogP contribution in [0.3, 0.4) is 0 Å². The molecule has 5 nitrogen and oxygen atoms in total. The van der Waals surface area contributed by atoms with Gasteiger partial charge in [0, 0.05) is 24.3 Å². The Labute approximate surface area is 161 Å². The molecular formula is C21H20N2O3S. The molecule has 3 aromatic rings. The number of aromatic hydroxyl groups is 1. The van der Waals surface area contributed by atoms with Crippen molar-refractivity contribution >= 4 is 27.9 Å². The van der Waals surface area contributed by atoms with Crippen LogP contribution in [0.2, 0.25) is 0 Å². The Morgan fingerprint density at radius 1 is 1.04 bits per heavy atom. The van der Waals surface area contributed by atoms with E-state index in [2.05, 4.69) is 22.3 Å². The number of thiophene rings is 1. The van der Waals surface area contributed by atoms with Crippen molar-refractivity contribution in [1.29, 1.82) is 0 Å². The van der Waals surface area contributed by atoms with Crippen LogP contribution < -0.4 is 10.2 Å². The first-order valence-electron chi connectivity index (χ1n) is 8.83. The molecule has 138 valence electrons. The Kier molecular flexibility index (Phi) is 5.09. The van der Waals surface area contributed by atoms with Gasteiger partial charge in [-0.05, 0) is 35.9 Å². The first-order chi connectivity index (χ1) is 13.2. The van der Waals surface area contributed by atoms with Crippen molar-refractivity contribution in [2.75, 3.05) is 36.5 Å². The quantitative estimate of drug-likeness (QED) is 0.666. The molecule has 1 saturated heterocycles. The maximum atomic E-state index is 12.8. The number of hydrogen-bond acceptors (Lipinski definition) is 5. The summed E-state index contributed by atoms with van der Waals surface area (Å²) in [6, 6.07) is 18.6. The molecule has 0 spiro atoms. The van der Waals surface area contributed by atoms with Crippen molar-refractivity contribution in [3.63, 3.8) is 0 Å². The van der Waals surface area contributed by atoms with E-state index >= 15 is 0 Å². The zero-order valence-corrected chi connectivity index (χ0v) is 15.5. The third kappa shape index (κ3) is 3.97. The van der Waals surface area contributed by atoms with Gasteiger partial charge in [0.2, 0.25) is 0 Å². The van der Waals surface area contributed by atoms with Crippen LogP contribution in [0.4, 0.5) is 10.7 Å². The molecular weight excluding hydrogens is 360 g/mol. The predicted molar refractivity (Wildman–Crippen MR) is 109 cm³/mol. The SMILES string of the molecule is O=C(Nc1ccc(O)cc1)c1cc(-c2ccccc2)c(N2CCOCC2)s1. The number of carbonyl (C=O) groups is 1. The minimum atomic E-state index is -0.151. The lowest BCUT2D eigenvalue weighted by atomic mass is 10.1. The molecule has 2 aromatic carbocycles. The Morgan fingerprint density at radius 2 is 1.74 bits per heavy atom. The van der Waals surface area contributed by atoms with Gasteiger partial charge in [0.05, 0.1) is 23.1 Å². The molecule has 2 heterocycles.